The van der Waals surface area contributed by atoms with Crippen molar-refractivity contribution in [1.29, 1.82) is 0 Å². The molecule has 1 aromatic heterocycles. The van der Waals surface area contributed by atoms with Crippen molar-refractivity contribution < 1.29 is 19.1 Å². The van der Waals surface area contributed by atoms with E-state index in [1.165, 1.54) is 11.3 Å². The van der Waals surface area contributed by atoms with Crippen LogP contribution in [0.3, 0.4) is 0 Å². The number of fused-ring (bicyclic) bond motifs is 1. The molecule has 7 nitrogen and oxygen atoms in total. The molecule has 0 unspecified atom stereocenters. The zero-order chi connectivity index (χ0) is 26.7. The third-order valence-electron chi connectivity index (χ3n) is 7.41. The summed E-state index contributed by atoms with van der Waals surface area (Å²) in [6.45, 7) is 0.439. The molecule has 2 heterocycles. The topological polar surface area (TPSA) is 80.8 Å². The lowest BCUT2D eigenvalue weighted by molar-refractivity contribution is -0.145. The molecule has 0 atom stereocenters. The smallest absolute Gasteiger partial charge is 0.250 e. The number of carbonyl (C=O) groups excluding carboxylic acids is 2. The van der Waals surface area contributed by atoms with Crippen molar-refractivity contribution in [2.75, 3.05) is 12.1 Å². The minimum Gasteiger partial charge on any atom is -0.454 e. The lowest BCUT2D eigenvalue weighted by Crippen LogP contribution is -2.57. The highest BCUT2D eigenvalue weighted by Crippen LogP contribution is 2.40. The summed E-state index contributed by atoms with van der Waals surface area (Å²) in [7, 11) is 0. The van der Waals surface area contributed by atoms with Crippen molar-refractivity contribution in [3.63, 3.8) is 0 Å². The second kappa shape index (κ2) is 10.9. The normalized spacial score (nSPS) is 15.2. The minimum absolute atomic E-state index is 0.0830. The van der Waals surface area contributed by atoms with E-state index in [2.05, 4.69) is 5.32 Å². The summed E-state index contributed by atoms with van der Waals surface area (Å²) < 4.78 is 10.9. The van der Waals surface area contributed by atoms with Crippen molar-refractivity contribution in [1.82, 2.24) is 9.88 Å². The number of nitrogens with zero attached hydrogens (tertiary/aromatic N) is 2. The highest BCUT2D eigenvalue weighted by molar-refractivity contribution is 7.09. The van der Waals surface area contributed by atoms with Gasteiger partial charge in [0.1, 0.15) is 10.5 Å². The van der Waals surface area contributed by atoms with Gasteiger partial charge in [0.15, 0.2) is 11.5 Å². The average Bonchev–Trinajstić information content (AvgIpc) is 3.74. The first-order valence-electron chi connectivity index (χ1n) is 13.2. The van der Waals surface area contributed by atoms with E-state index in [4.69, 9.17) is 14.5 Å². The molecular formula is C31H29N3O4S. The van der Waals surface area contributed by atoms with Gasteiger partial charge in [-0.3, -0.25) is 9.59 Å². The van der Waals surface area contributed by atoms with E-state index >= 15 is 0 Å². The van der Waals surface area contributed by atoms with Crippen LogP contribution in [0.5, 0.6) is 11.5 Å². The van der Waals surface area contributed by atoms with Crippen LogP contribution in [-0.2, 0) is 22.6 Å². The quantitative estimate of drug-likeness (QED) is 0.294. The van der Waals surface area contributed by atoms with Gasteiger partial charge in [-0.15, -0.1) is 11.3 Å². The molecule has 0 radical (unpaired) electrons. The largest absolute Gasteiger partial charge is 0.454 e. The minimum atomic E-state index is -0.971. The van der Waals surface area contributed by atoms with Crippen LogP contribution >= 0.6 is 11.3 Å². The van der Waals surface area contributed by atoms with E-state index in [1.807, 2.05) is 66.0 Å². The lowest BCUT2D eigenvalue weighted by atomic mass is 9.92. The van der Waals surface area contributed by atoms with Gasteiger partial charge >= 0.3 is 0 Å². The van der Waals surface area contributed by atoms with E-state index < -0.39 is 5.54 Å². The molecule has 4 aromatic rings. The van der Waals surface area contributed by atoms with E-state index in [-0.39, 0.29) is 31.6 Å². The van der Waals surface area contributed by atoms with Crippen molar-refractivity contribution in [2.24, 2.45) is 0 Å². The lowest BCUT2D eigenvalue weighted by Gasteiger charge is -2.40. The summed E-state index contributed by atoms with van der Waals surface area (Å²) in [5.41, 5.74) is 2.46. The fourth-order valence-electron chi connectivity index (χ4n) is 5.41. The first-order valence-corrected chi connectivity index (χ1v) is 14.0. The zero-order valence-electron chi connectivity index (χ0n) is 21.5. The summed E-state index contributed by atoms with van der Waals surface area (Å²) in [5, 5.41) is 5.90. The molecule has 3 aromatic carbocycles. The first kappa shape index (κ1) is 25.1. The summed E-state index contributed by atoms with van der Waals surface area (Å²) in [6.07, 6.45) is 3.16. The number of carbonyl (C=O) groups is 2. The highest BCUT2D eigenvalue weighted by Gasteiger charge is 2.48. The predicted octanol–water partition coefficient (Wildman–Crippen LogP) is 6.06. The molecular weight excluding hydrogens is 510 g/mol. The second-order valence-electron chi connectivity index (χ2n) is 9.90. The van der Waals surface area contributed by atoms with E-state index in [0.29, 0.717) is 30.0 Å². The molecule has 0 bridgehead atoms. The Morgan fingerprint density at radius 3 is 2.41 bits per heavy atom. The molecule has 1 fully saturated rings. The van der Waals surface area contributed by atoms with Gasteiger partial charge in [-0.25, -0.2) is 4.98 Å². The molecule has 6 rings (SSSR count). The molecule has 2 amide bonds. The van der Waals surface area contributed by atoms with Crippen LogP contribution < -0.4 is 14.8 Å². The summed E-state index contributed by atoms with van der Waals surface area (Å²) >= 11 is 1.52. The fourth-order valence-corrected chi connectivity index (χ4v) is 6.20. The van der Waals surface area contributed by atoms with Crippen molar-refractivity contribution in [3.8, 4) is 22.8 Å². The number of amides is 2. The molecule has 1 aliphatic heterocycles. The predicted molar refractivity (Wildman–Crippen MR) is 151 cm³/mol. The van der Waals surface area contributed by atoms with E-state index in [9.17, 15) is 9.59 Å². The maximum atomic E-state index is 14.1. The SMILES string of the molecule is O=C(Cc1ccccc1)N(Cc1nc(-c2ccccc2)cs1)C1(C(=O)Nc2ccc3c(c2)OCO3)CCCC1. The Morgan fingerprint density at radius 1 is 0.923 bits per heavy atom. The van der Waals surface area contributed by atoms with Gasteiger partial charge in [0.05, 0.1) is 18.7 Å². The number of nitrogens with one attached hydrogen (secondary N) is 1. The molecule has 0 spiro atoms. The number of anilines is 1. The average molecular weight is 540 g/mol. The molecule has 8 heteroatoms. The third-order valence-corrected chi connectivity index (χ3v) is 8.25. The molecule has 198 valence electrons. The molecule has 1 saturated carbocycles. The number of hydrogen-bond acceptors (Lipinski definition) is 6. The Hall–Kier alpha value is -4.17. The molecule has 2 aliphatic rings. The van der Waals surface area contributed by atoms with Gasteiger partial charge in [0.2, 0.25) is 18.6 Å². The number of rotatable bonds is 8. The van der Waals surface area contributed by atoms with Crippen molar-refractivity contribution in [3.05, 3.63) is 94.8 Å². The van der Waals surface area contributed by atoms with E-state index in [0.717, 1.165) is 34.7 Å². The number of hydrogen-bond donors (Lipinski definition) is 1. The Bertz CT molecular complexity index is 1470. The number of ether oxygens (including phenoxy) is 2. The van der Waals surface area contributed by atoms with Crippen LogP contribution in [0.15, 0.2) is 84.2 Å². The Kier molecular flexibility index (Phi) is 7.02. The van der Waals surface area contributed by atoms with Gasteiger partial charge < -0.3 is 19.7 Å². The highest BCUT2D eigenvalue weighted by atomic mass is 32.1. The van der Waals surface area contributed by atoms with Crippen molar-refractivity contribution in [2.45, 2.75) is 44.2 Å². The van der Waals surface area contributed by atoms with Crippen molar-refractivity contribution >= 4 is 28.8 Å². The zero-order valence-corrected chi connectivity index (χ0v) is 22.3. The van der Waals surface area contributed by atoms with E-state index in [1.54, 1.807) is 23.1 Å². The Labute approximate surface area is 231 Å². The number of thiazole rings is 1. The van der Waals surface area contributed by atoms with Gasteiger partial charge in [0, 0.05) is 22.7 Å². The van der Waals surface area contributed by atoms with Gasteiger partial charge in [0.25, 0.3) is 0 Å². The summed E-state index contributed by atoms with van der Waals surface area (Å²) in [5.74, 6) is 0.989. The molecule has 39 heavy (non-hydrogen) atoms. The maximum absolute atomic E-state index is 14.1. The van der Waals surface area contributed by atoms with Gasteiger partial charge in [-0.2, -0.15) is 0 Å². The number of benzene rings is 3. The van der Waals surface area contributed by atoms with Crippen LogP contribution in [0.1, 0.15) is 36.3 Å². The van der Waals surface area contributed by atoms with Crippen LogP contribution in [0, 0.1) is 0 Å². The van der Waals surface area contributed by atoms with Gasteiger partial charge in [-0.1, -0.05) is 73.5 Å². The second-order valence-corrected chi connectivity index (χ2v) is 10.8. The van der Waals surface area contributed by atoms with Crippen LogP contribution in [0.25, 0.3) is 11.3 Å². The van der Waals surface area contributed by atoms with Crippen LogP contribution in [0.4, 0.5) is 5.69 Å². The molecule has 1 aliphatic carbocycles. The maximum Gasteiger partial charge on any atom is 0.250 e. The Morgan fingerprint density at radius 2 is 1.64 bits per heavy atom. The monoisotopic (exact) mass is 539 g/mol. The molecule has 1 N–H and O–H groups in total. The Balaban J connectivity index is 1.31. The summed E-state index contributed by atoms with van der Waals surface area (Å²) in [4.78, 5) is 34.7. The first-order chi connectivity index (χ1) is 19.1. The third kappa shape index (κ3) is 5.25. The fraction of sp³-hybridized carbons (Fsp3) is 0.258. The van der Waals surface area contributed by atoms with Crippen LogP contribution in [0.2, 0.25) is 0 Å². The van der Waals surface area contributed by atoms with Crippen LogP contribution in [-0.4, -0.2) is 34.0 Å². The molecule has 0 saturated heterocycles. The van der Waals surface area contributed by atoms with Gasteiger partial charge in [-0.05, 0) is 30.5 Å². The standard InChI is InChI=1S/C31H29N3O4S/c35-29(17-22-9-3-1-4-10-22)34(19-28-33-25(20-39-28)23-11-5-2-6-12-23)31(15-7-8-16-31)30(36)32-24-13-14-26-27(18-24)38-21-37-26/h1-6,9-14,18,20H,7-8,15-17,19,21H2,(H,32,36). The summed E-state index contributed by atoms with van der Waals surface area (Å²) in [6, 6.07) is 25.0. The number of aromatic nitrogens is 1.